The molecule has 0 spiro atoms. The van der Waals surface area contributed by atoms with Crippen LogP contribution in [0.5, 0.6) is 0 Å². The van der Waals surface area contributed by atoms with E-state index in [2.05, 4.69) is 21.9 Å². The van der Waals surface area contributed by atoms with E-state index in [9.17, 15) is 13.2 Å². The molecule has 3 heterocycles. The summed E-state index contributed by atoms with van der Waals surface area (Å²) in [7, 11) is 0. The molecule has 0 bridgehead atoms. The second-order valence-corrected chi connectivity index (χ2v) is 8.70. The van der Waals surface area contributed by atoms with Crippen molar-refractivity contribution in [3.63, 3.8) is 0 Å². The molecule has 2 aliphatic heterocycles. The minimum Gasteiger partial charge on any atom is -0.370 e. The second kappa shape index (κ2) is 7.65. The number of nitrogens with zero attached hydrogens (tertiary/aromatic N) is 2. The summed E-state index contributed by atoms with van der Waals surface area (Å²) in [6, 6.07) is 5.85. The summed E-state index contributed by atoms with van der Waals surface area (Å²) in [6.45, 7) is 4.61. The Hall–Kier alpha value is -1.64. The second-order valence-electron chi connectivity index (χ2n) is 7.51. The fraction of sp³-hybridized carbons (Fsp3) is 0.421. The van der Waals surface area contributed by atoms with E-state index in [4.69, 9.17) is 11.6 Å². The summed E-state index contributed by atoms with van der Waals surface area (Å²) in [4.78, 5) is 5.28. The van der Waals surface area contributed by atoms with Gasteiger partial charge in [-0.1, -0.05) is 24.6 Å². The molecule has 0 aliphatic carbocycles. The van der Waals surface area contributed by atoms with Crippen molar-refractivity contribution < 1.29 is 13.2 Å². The molecule has 2 fully saturated rings. The summed E-state index contributed by atoms with van der Waals surface area (Å²) in [6.07, 6.45) is 2.06. The highest BCUT2D eigenvalue weighted by atomic mass is 35.5. The van der Waals surface area contributed by atoms with Gasteiger partial charge >= 0.3 is 0 Å². The molecule has 4 nitrogen and oxygen atoms in total. The number of nitrogens with one attached hydrogen (secondary N) is 2. The molecule has 1 aromatic heterocycles. The Morgan fingerprint density at radius 3 is 2.82 bits per heavy atom. The topological polar surface area (TPSA) is 40.2 Å². The van der Waals surface area contributed by atoms with Crippen LogP contribution < -0.4 is 14.9 Å². The van der Waals surface area contributed by atoms with Gasteiger partial charge in [0.15, 0.2) is 5.82 Å². The lowest BCUT2D eigenvalue weighted by atomic mass is 9.77. The smallest absolute Gasteiger partial charge is 0.214 e. The number of halogens is 4. The molecule has 0 amide bonds. The summed E-state index contributed by atoms with van der Waals surface area (Å²) in [5.41, 5.74) is 0.431. The van der Waals surface area contributed by atoms with E-state index in [0.29, 0.717) is 36.8 Å². The van der Waals surface area contributed by atoms with Crippen LogP contribution in [0, 0.1) is 23.0 Å². The Labute approximate surface area is 171 Å². The molecule has 2 aliphatic rings. The normalized spacial score (nSPS) is 24.3. The van der Waals surface area contributed by atoms with Gasteiger partial charge in [-0.3, -0.25) is 0 Å². The van der Waals surface area contributed by atoms with Gasteiger partial charge in [-0.25, -0.2) is 13.8 Å². The monoisotopic (exact) mass is 428 g/mol. The van der Waals surface area contributed by atoms with Crippen LogP contribution in [0.4, 0.5) is 24.7 Å². The molecule has 4 rings (SSSR count). The third kappa shape index (κ3) is 3.65. The maximum Gasteiger partial charge on any atom is 0.214 e. The molecule has 150 valence electrons. The molecule has 2 N–H and O–H groups in total. The minimum atomic E-state index is -0.832. The standard InChI is InChI=1S/C19H20ClF3N4S/c1-19(13-5-7-24-13)6-8-27(10-19)12-9-11(21)18(17(23)16(12)20)28-26-15-4-2-3-14(22)25-15/h2-4,9,13,24H,5-8,10H2,1H3,(H,25,26). The van der Waals surface area contributed by atoms with Crippen LogP contribution in [0.15, 0.2) is 29.2 Å². The lowest BCUT2D eigenvalue weighted by molar-refractivity contribution is 0.175. The number of pyridine rings is 1. The fourth-order valence-electron chi connectivity index (χ4n) is 3.82. The first-order valence-corrected chi connectivity index (χ1v) is 10.3. The Bertz CT molecular complexity index is 896. The van der Waals surface area contributed by atoms with Gasteiger partial charge in [0.2, 0.25) is 5.95 Å². The van der Waals surface area contributed by atoms with E-state index in [1.807, 2.05) is 4.90 Å². The lowest BCUT2D eigenvalue weighted by Crippen LogP contribution is -2.54. The van der Waals surface area contributed by atoms with E-state index >= 15 is 0 Å². The maximum atomic E-state index is 14.8. The number of hydrogen-bond acceptors (Lipinski definition) is 5. The predicted molar refractivity (Wildman–Crippen MR) is 106 cm³/mol. The number of rotatable bonds is 5. The number of aromatic nitrogens is 1. The van der Waals surface area contributed by atoms with Gasteiger partial charge in [0.1, 0.15) is 21.6 Å². The van der Waals surface area contributed by atoms with Gasteiger partial charge in [-0.15, -0.1) is 0 Å². The molecule has 0 saturated carbocycles. The molecule has 2 atom stereocenters. The van der Waals surface area contributed by atoms with Crippen LogP contribution in [-0.4, -0.2) is 30.7 Å². The van der Waals surface area contributed by atoms with Crippen LogP contribution in [-0.2, 0) is 0 Å². The Balaban J connectivity index is 1.53. The predicted octanol–water partition coefficient (Wildman–Crippen LogP) is 4.85. The van der Waals surface area contributed by atoms with Crippen LogP contribution in [0.25, 0.3) is 0 Å². The van der Waals surface area contributed by atoms with E-state index in [1.54, 1.807) is 0 Å². The number of hydrogen-bond donors (Lipinski definition) is 2. The highest BCUT2D eigenvalue weighted by Gasteiger charge is 2.43. The molecule has 0 radical (unpaired) electrons. The van der Waals surface area contributed by atoms with Gasteiger partial charge in [0.25, 0.3) is 0 Å². The molecule has 2 aromatic rings. The molecule has 1 aromatic carbocycles. The first kappa shape index (κ1) is 19.7. The molecule has 9 heteroatoms. The minimum absolute atomic E-state index is 0.0621. The quantitative estimate of drug-likeness (QED) is 0.404. The van der Waals surface area contributed by atoms with Gasteiger partial charge in [0, 0.05) is 30.6 Å². The average Bonchev–Trinajstić information content (AvgIpc) is 2.98. The van der Waals surface area contributed by atoms with E-state index in [-0.39, 0.29) is 21.2 Å². The molecule has 2 unspecified atom stereocenters. The summed E-state index contributed by atoms with van der Waals surface area (Å²) in [5.74, 6) is -2.08. The van der Waals surface area contributed by atoms with Crippen molar-refractivity contribution in [2.75, 3.05) is 29.3 Å². The van der Waals surface area contributed by atoms with Crippen molar-refractivity contribution in [1.29, 1.82) is 0 Å². The first-order valence-electron chi connectivity index (χ1n) is 9.09. The third-order valence-corrected chi connectivity index (χ3v) is 6.83. The van der Waals surface area contributed by atoms with Crippen molar-refractivity contribution in [3.05, 3.63) is 46.9 Å². The summed E-state index contributed by atoms with van der Waals surface area (Å²) in [5, 5.41) is 3.32. The highest BCUT2D eigenvalue weighted by molar-refractivity contribution is 8.00. The van der Waals surface area contributed by atoms with Crippen molar-refractivity contribution >= 4 is 35.1 Å². The molecule has 2 saturated heterocycles. The fourth-order valence-corrected chi connectivity index (χ4v) is 4.81. The summed E-state index contributed by atoms with van der Waals surface area (Å²) >= 11 is 6.94. The van der Waals surface area contributed by atoms with Crippen molar-refractivity contribution in [3.8, 4) is 0 Å². The maximum absolute atomic E-state index is 14.8. The van der Waals surface area contributed by atoms with E-state index in [0.717, 1.165) is 19.4 Å². The van der Waals surface area contributed by atoms with Crippen molar-refractivity contribution in [1.82, 2.24) is 10.3 Å². The average molecular weight is 429 g/mol. The Kier molecular flexibility index (Phi) is 5.37. The number of benzene rings is 1. The summed E-state index contributed by atoms with van der Waals surface area (Å²) < 4.78 is 45.3. The highest BCUT2D eigenvalue weighted by Crippen LogP contribution is 2.43. The third-order valence-electron chi connectivity index (χ3n) is 5.58. The lowest BCUT2D eigenvalue weighted by Gasteiger charge is -2.41. The van der Waals surface area contributed by atoms with Crippen LogP contribution in [0.3, 0.4) is 0 Å². The molecule has 28 heavy (non-hydrogen) atoms. The van der Waals surface area contributed by atoms with E-state index < -0.39 is 17.6 Å². The van der Waals surface area contributed by atoms with Gasteiger partial charge in [0.05, 0.1) is 5.69 Å². The van der Waals surface area contributed by atoms with Gasteiger partial charge < -0.3 is 14.9 Å². The zero-order valence-electron chi connectivity index (χ0n) is 15.2. The molecular weight excluding hydrogens is 409 g/mol. The van der Waals surface area contributed by atoms with Crippen LogP contribution in [0.1, 0.15) is 19.8 Å². The SMILES string of the molecule is CC1(C2CCN2)CCN(c2cc(F)c(SNc3cccc(F)n3)c(F)c2Cl)C1. The Morgan fingerprint density at radius 2 is 2.14 bits per heavy atom. The zero-order valence-corrected chi connectivity index (χ0v) is 16.8. The van der Waals surface area contributed by atoms with Crippen LogP contribution in [0.2, 0.25) is 5.02 Å². The van der Waals surface area contributed by atoms with Gasteiger partial charge in [-0.2, -0.15) is 4.39 Å². The molecular formula is C19H20ClF3N4S. The van der Waals surface area contributed by atoms with Crippen LogP contribution >= 0.6 is 23.5 Å². The number of anilines is 2. The first-order chi connectivity index (χ1) is 13.4. The van der Waals surface area contributed by atoms with Gasteiger partial charge in [-0.05, 0) is 43.5 Å². The van der Waals surface area contributed by atoms with Crippen molar-refractivity contribution in [2.45, 2.75) is 30.7 Å². The zero-order chi connectivity index (χ0) is 19.9. The van der Waals surface area contributed by atoms with Crippen molar-refractivity contribution in [2.24, 2.45) is 5.41 Å². The largest absolute Gasteiger partial charge is 0.370 e. The Morgan fingerprint density at radius 1 is 1.36 bits per heavy atom. The van der Waals surface area contributed by atoms with E-state index in [1.165, 1.54) is 24.3 Å².